The summed E-state index contributed by atoms with van der Waals surface area (Å²) in [5.41, 5.74) is 2.31. The van der Waals surface area contributed by atoms with Gasteiger partial charge in [0.15, 0.2) is 11.5 Å². The lowest BCUT2D eigenvalue weighted by Crippen LogP contribution is -2.31. The number of hydrogen-bond acceptors (Lipinski definition) is 5. The van der Waals surface area contributed by atoms with Crippen LogP contribution in [-0.4, -0.2) is 37.7 Å². The Bertz CT molecular complexity index is 1470. The first-order chi connectivity index (χ1) is 16.0. The summed E-state index contributed by atoms with van der Waals surface area (Å²) in [6, 6.07) is 12.9. The number of hydrogen-bond donors (Lipinski definition) is 1. The van der Waals surface area contributed by atoms with Crippen LogP contribution in [0.3, 0.4) is 0 Å². The monoisotopic (exact) mass is 487 g/mol. The topological polar surface area (TPSA) is 81.8 Å². The second-order valence-corrected chi connectivity index (χ2v) is 8.60. The van der Waals surface area contributed by atoms with Gasteiger partial charge in [0, 0.05) is 17.5 Å². The van der Waals surface area contributed by atoms with E-state index in [9.17, 15) is 22.8 Å². The molecule has 0 saturated heterocycles. The number of nitrogens with one attached hydrogen (secondary N) is 1. The molecule has 0 spiro atoms. The van der Waals surface area contributed by atoms with Crippen LogP contribution >= 0.6 is 11.8 Å². The maximum absolute atomic E-state index is 13.8. The Balaban J connectivity index is 2.05. The second-order valence-electron chi connectivity index (χ2n) is 7.72. The summed E-state index contributed by atoms with van der Waals surface area (Å²) in [4.78, 5) is 31.0. The minimum Gasteiger partial charge on any atom is -0.301 e. The van der Waals surface area contributed by atoms with E-state index in [1.165, 1.54) is 16.3 Å². The standard InChI is InChI=1S/C23H20F3N5O2S/c1-12-5-10-16(13(2)11-12)31-19(14-6-8-15(34-4)9-7-14)28-20-17(21(31)32)18(29-30(20)3)27-22(33)23(24,25)26/h5-11H,1-4H3,(H,27,29,33). The van der Waals surface area contributed by atoms with Crippen molar-refractivity contribution in [2.45, 2.75) is 24.9 Å². The van der Waals surface area contributed by atoms with E-state index in [1.807, 2.05) is 56.5 Å². The number of benzene rings is 2. The molecule has 0 radical (unpaired) electrons. The van der Waals surface area contributed by atoms with Crippen molar-refractivity contribution in [2.75, 3.05) is 11.6 Å². The molecule has 2 heterocycles. The first-order valence-electron chi connectivity index (χ1n) is 10.1. The molecule has 1 N–H and O–H groups in total. The zero-order valence-corrected chi connectivity index (χ0v) is 19.5. The van der Waals surface area contributed by atoms with Crippen molar-refractivity contribution in [3.8, 4) is 17.1 Å². The van der Waals surface area contributed by atoms with Gasteiger partial charge < -0.3 is 5.32 Å². The normalized spacial score (nSPS) is 11.7. The van der Waals surface area contributed by atoms with Crippen LogP contribution in [0.4, 0.5) is 19.0 Å². The van der Waals surface area contributed by atoms with Crippen LogP contribution in [0.15, 0.2) is 52.2 Å². The highest BCUT2D eigenvalue weighted by molar-refractivity contribution is 7.98. The molecule has 0 atom stereocenters. The number of amides is 1. The molecule has 176 valence electrons. The van der Waals surface area contributed by atoms with Gasteiger partial charge in [0.05, 0.1) is 5.69 Å². The molecule has 4 rings (SSSR count). The number of halogens is 3. The molecule has 0 aliphatic heterocycles. The highest BCUT2D eigenvalue weighted by Crippen LogP contribution is 2.28. The molecule has 4 aromatic rings. The van der Waals surface area contributed by atoms with Gasteiger partial charge in [-0.1, -0.05) is 29.8 Å². The molecule has 0 saturated carbocycles. The molecule has 0 unspecified atom stereocenters. The van der Waals surface area contributed by atoms with Crippen molar-refractivity contribution in [1.82, 2.24) is 19.3 Å². The van der Waals surface area contributed by atoms with E-state index in [0.717, 1.165) is 16.0 Å². The van der Waals surface area contributed by atoms with Gasteiger partial charge in [0.2, 0.25) is 0 Å². The van der Waals surface area contributed by atoms with Crippen molar-refractivity contribution in [3.63, 3.8) is 0 Å². The van der Waals surface area contributed by atoms with Crippen LogP contribution in [0.1, 0.15) is 11.1 Å². The highest BCUT2D eigenvalue weighted by atomic mass is 32.2. The smallest absolute Gasteiger partial charge is 0.301 e. The second kappa shape index (κ2) is 8.64. The zero-order valence-electron chi connectivity index (χ0n) is 18.7. The Hall–Kier alpha value is -3.60. The third-order valence-corrected chi connectivity index (χ3v) is 6.03. The lowest BCUT2D eigenvalue weighted by atomic mass is 10.1. The van der Waals surface area contributed by atoms with Crippen molar-refractivity contribution in [3.05, 3.63) is 63.9 Å². The summed E-state index contributed by atoms with van der Waals surface area (Å²) in [7, 11) is 1.44. The lowest BCUT2D eigenvalue weighted by Gasteiger charge is -2.16. The van der Waals surface area contributed by atoms with Gasteiger partial charge in [-0.3, -0.25) is 14.2 Å². The first-order valence-corrected chi connectivity index (χ1v) is 11.3. The van der Waals surface area contributed by atoms with E-state index < -0.39 is 23.5 Å². The molecule has 0 bridgehead atoms. The molecular formula is C23H20F3N5O2S. The fourth-order valence-electron chi connectivity index (χ4n) is 3.68. The maximum Gasteiger partial charge on any atom is 0.471 e. The Morgan fingerprint density at radius 1 is 1.09 bits per heavy atom. The van der Waals surface area contributed by atoms with Crippen molar-refractivity contribution in [2.24, 2.45) is 7.05 Å². The van der Waals surface area contributed by atoms with Crippen LogP contribution in [0.25, 0.3) is 28.1 Å². The SMILES string of the molecule is CSc1ccc(-c2nc3c(c(NC(=O)C(F)(F)F)nn3C)c(=O)n2-c2ccc(C)cc2C)cc1. The maximum atomic E-state index is 13.8. The molecule has 7 nitrogen and oxygen atoms in total. The molecule has 0 aliphatic rings. The van der Waals surface area contributed by atoms with Crippen LogP contribution in [0.2, 0.25) is 0 Å². The third-order valence-electron chi connectivity index (χ3n) is 5.29. The van der Waals surface area contributed by atoms with E-state index >= 15 is 0 Å². The lowest BCUT2D eigenvalue weighted by molar-refractivity contribution is -0.167. The number of thioether (sulfide) groups is 1. The van der Waals surface area contributed by atoms with E-state index in [2.05, 4.69) is 10.1 Å². The van der Waals surface area contributed by atoms with Crippen LogP contribution in [0.5, 0.6) is 0 Å². The van der Waals surface area contributed by atoms with Gasteiger partial charge in [-0.25, -0.2) is 9.67 Å². The third kappa shape index (κ3) is 4.18. The van der Waals surface area contributed by atoms with E-state index in [-0.39, 0.29) is 11.0 Å². The molecule has 0 fully saturated rings. The van der Waals surface area contributed by atoms with Crippen molar-refractivity contribution < 1.29 is 18.0 Å². The number of aryl methyl sites for hydroxylation is 3. The van der Waals surface area contributed by atoms with E-state index in [1.54, 1.807) is 23.1 Å². The minimum absolute atomic E-state index is 0.0485. The summed E-state index contributed by atoms with van der Waals surface area (Å²) in [5, 5.41) is 5.44. The minimum atomic E-state index is -5.14. The summed E-state index contributed by atoms with van der Waals surface area (Å²) >= 11 is 1.56. The Morgan fingerprint density at radius 2 is 1.76 bits per heavy atom. The van der Waals surface area contributed by atoms with Gasteiger partial charge in [-0.05, 0) is 43.9 Å². The van der Waals surface area contributed by atoms with E-state index in [4.69, 9.17) is 0 Å². The Labute approximate surface area is 196 Å². The number of anilines is 1. The average molecular weight is 488 g/mol. The molecule has 2 aromatic heterocycles. The summed E-state index contributed by atoms with van der Waals surface area (Å²) in [6.07, 6.45) is -3.19. The predicted octanol–water partition coefficient (Wildman–Crippen LogP) is 4.63. The Kier molecular flexibility index (Phi) is 5.98. The number of aromatic nitrogens is 4. The van der Waals surface area contributed by atoms with Crippen LogP contribution < -0.4 is 10.9 Å². The number of fused-ring (bicyclic) bond motifs is 1. The Morgan fingerprint density at radius 3 is 2.35 bits per heavy atom. The number of rotatable bonds is 4. The number of carbonyl (C=O) groups is 1. The van der Waals surface area contributed by atoms with Crippen LogP contribution in [-0.2, 0) is 11.8 Å². The number of carbonyl (C=O) groups excluding carboxylic acids is 1. The predicted molar refractivity (Wildman–Crippen MR) is 125 cm³/mol. The van der Waals surface area contributed by atoms with Gasteiger partial charge in [-0.2, -0.15) is 18.3 Å². The molecule has 0 aliphatic carbocycles. The van der Waals surface area contributed by atoms with Gasteiger partial charge in [-0.15, -0.1) is 11.8 Å². The first kappa shape index (κ1) is 23.6. The quantitative estimate of drug-likeness (QED) is 0.425. The van der Waals surface area contributed by atoms with Crippen molar-refractivity contribution in [1.29, 1.82) is 0 Å². The van der Waals surface area contributed by atoms with Gasteiger partial charge in [0.25, 0.3) is 5.56 Å². The molecule has 34 heavy (non-hydrogen) atoms. The largest absolute Gasteiger partial charge is 0.471 e. The summed E-state index contributed by atoms with van der Waals surface area (Å²) in [5.74, 6) is -2.42. The van der Waals surface area contributed by atoms with E-state index in [0.29, 0.717) is 17.1 Å². The molecular weight excluding hydrogens is 467 g/mol. The van der Waals surface area contributed by atoms with Gasteiger partial charge >= 0.3 is 12.1 Å². The van der Waals surface area contributed by atoms with Gasteiger partial charge in [0.1, 0.15) is 11.2 Å². The number of alkyl halides is 3. The molecule has 1 amide bonds. The summed E-state index contributed by atoms with van der Waals surface area (Å²) < 4.78 is 41.2. The fourth-order valence-corrected chi connectivity index (χ4v) is 4.09. The average Bonchev–Trinajstić information content (AvgIpc) is 3.09. The molecule has 2 aromatic carbocycles. The highest BCUT2D eigenvalue weighted by Gasteiger charge is 2.39. The number of nitrogens with zero attached hydrogens (tertiary/aromatic N) is 4. The zero-order chi connectivity index (χ0) is 24.8. The summed E-state index contributed by atoms with van der Waals surface area (Å²) in [6.45, 7) is 3.74. The van der Waals surface area contributed by atoms with Crippen LogP contribution in [0, 0.1) is 13.8 Å². The molecule has 11 heteroatoms. The fraction of sp³-hybridized carbons (Fsp3) is 0.217. The van der Waals surface area contributed by atoms with Crippen molar-refractivity contribution >= 4 is 34.5 Å².